The van der Waals surface area contributed by atoms with E-state index in [1.54, 1.807) is 24.4 Å². The van der Waals surface area contributed by atoms with Gasteiger partial charge in [0.15, 0.2) is 0 Å². The number of halogens is 2. The van der Waals surface area contributed by atoms with Gasteiger partial charge >= 0.3 is 6.61 Å². The lowest BCUT2D eigenvalue weighted by Gasteiger charge is -2.19. The number of thiophene rings is 1. The van der Waals surface area contributed by atoms with Crippen molar-refractivity contribution in [3.63, 3.8) is 0 Å². The lowest BCUT2D eigenvalue weighted by molar-refractivity contribution is -0.121. The van der Waals surface area contributed by atoms with Crippen LogP contribution in [0.15, 0.2) is 46.0 Å². The van der Waals surface area contributed by atoms with Gasteiger partial charge in [0.05, 0.1) is 12.6 Å². The molecule has 0 saturated carbocycles. The summed E-state index contributed by atoms with van der Waals surface area (Å²) < 4.78 is 54.6. The minimum atomic E-state index is -3.72. The van der Waals surface area contributed by atoms with Crippen molar-refractivity contribution >= 4 is 27.3 Å². The molecule has 1 unspecified atom stereocenters. The van der Waals surface area contributed by atoms with Gasteiger partial charge in [0.25, 0.3) is 10.0 Å². The summed E-state index contributed by atoms with van der Waals surface area (Å²) in [4.78, 5) is 12.2. The molecule has 1 aromatic heterocycles. The van der Waals surface area contributed by atoms with Crippen molar-refractivity contribution in [2.24, 2.45) is 0 Å². The molecule has 0 radical (unpaired) electrons. The Morgan fingerprint density at radius 1 is 1.31 bits per heavy atom. The maximum Gasteiger partial charge on any atom is 0.387 e. The predicted molar refractivity (Wildman–Crippen MR) is 93.8 cm³/mol. The smallest absolute Gasteiger partial charge is 0.387 e. The minimum absolute atomic E-state index is 0.0176. The van der Waals surface area contributed by atoms with Crippen LogP contribution in [0.25, 0.3) is 0 Å². The molecule has 26 heavy (non-hydrogen) atoms. The van der Waals surface area contributed by atoms with Gasteiger partial charge in [-0.3, -0.25) is 4.79 Å². The Kier molecular flexibility index (Phi) is 6.68. The molecule has 0 aliphatic rings. The summed E-state index contributed by atoms with van der Waals surface area (Å²) in [7, 11) is -2.41. The SMILES string of the molecule is CC(NC(=O)CN(C)S(=O)(=O)c1cccs1)c1cccc(OC(F)F)c1. The topological polar surface area (TPSA) is 75.7 Å². The van der Waals surface area contributed by atoms with E-state index in [1.807, 2.05) is 0 Å². The van der Waals surface area contributed by atoms with E-state index in [0.29, 0.717) is 5.56 Å². The highest BCUT2D eigenvalue weighted by Crippen LogP contribution is 2.21. The molecular weight excluding hydrogens is 386 g/mol. The zero-order valence-electron chi connectivity index (χ0n) is 14.1. The van der Waals surface area contributed by atoms with E-state index < -0.39 is 28.6 Å². The Bertz CT molecular complexity index is 842. The molecule has 10 heteroatoms. The predicted octanol–water partition coefficient (Wildman–Crippen LogP) is 2.85. The van der Waals surface area contributed by atoms with Crippen molar-refractivity contribution in [1.29, 1.82) is 0 Å². The van der Waals surface area contributed by atoms with Crippen LogP contribution >= 0.6 is 11.3 Å². The van der Waals surface area contributed by atoms with Crippen LogP contribution in [-0.4, -0.2) is 38.8 Å². The maximum absolute atomic E-state index is 12.3. The number of benzene rings is 1. The van der Waals surface area contributed by atoms with Gasteiger partial charge in [0.1, 0.15) is 9.96 Å². The number of hydrogen-bond acceptors (Lipinski definition) is 5. The molecule has 0 bridgehead atoms. The Morgan fingerprint density at radius 2 is 2.04 bits per heavy atom. The third-order valence-electron chi connectivity index (χ3n) is 3.49. The number of likely N-dealkylation sites (N-methyl/N-ethyl adjacent to an activating group) is 1. The van der Waals surface area contributed by atoms with E-state index in [-0.39, 0.29) is 16.5 Å². The van der Waals surface area contributed by atoms with E-state index in [2.05, 4.69) is 10.1 Å². The van der Waals surface area contributed by atoms with Crippen molar-refractivity contribution in [1.82, 2.24) is 9.62 Å². The summed E-state index contributed by atoms with van der Waals surface area (Å²) in [5.74, 6) is -0.531. The quantitative estimate of drug-likeness (QED) is 0.734. The molecule has 1 N–H and O–H groups in total. The summed E-state index contributed by atoms with van der Waals surface area (Å²) in [6.45, 7) is -1.64. The average Bonchev–Trinajstić information content (AvgIpc) is 3.09. The van der Waals surface area contributed by atoms with Gasteiger partial charge in [-0.25, -0.2) is 8.42 Å². The largest absolute Gasteiger partial charge is 0.435 e. The third kappa shape index (κ3) is 5.23. The van der Waals surface area contributed by atoms with Gasteiger partial charge in [-0.15, -0.1) is 11.3 Å². The van der Waals surface area contributed by atoms with Crippen molar-refractivity contribution in [3.05, 3.63) is 47.3 Å². The van der Waals surface area contributed by atoms with Crippen LogP contribution in [0.3, 0.4) is 0 Å². The summed E-state index contributed by atoms with van der Waals surface area (Å²) >= 11 is 1.07. The van der Waals surface area contributed by atoms with Crippen molar-refractivity contribution in [2.45, 2.75) is 23.8 Å². The number of sulfonamides is 1. The first-order valence-electron chi connectivity index (χ1n) is 7.54. The Balaban J connectivity index is 1.99. The second-order valence-electron chi connectivity index (χ2n) is 5.43. The van der Waals surface area contributed by atoms with Gasteiger partial charge in [-0.2, -0.15) is 13.1 Å². The summed E-state index contributed by atoms with van der Waals surface area (Å²) in [5, 5.41) is 4.28. The molecule has 142 valence electrons. The number of hydrogen-bond donors (Lipinski definition) is 1. The summed E-state index contributed by atoms with van der Waals surface area (Å²) in [6.07, 6.45) is 0. The fourth-order valence-electron chi connectivity index (χ4n) is 2.18. The van der Waals surface area contributed by atoms with Crippen LogP contribution in [0.2, 0.25) is 0 Å². The number of carbonyl (C=O) groups excluding carboxylic acids is 1. The molecule has 1 aromatic carbocycles. The number of amides is 1. The maximum atomic E-state index is 12.3. The van der Waals surface area contributed by atoms with Gasteiger partial charge in [0.2, 0.25) is 5.91 Å². The zero-order valence-corrected chi connectivity index (χ0v) is 15.7. The highest BCUT2D eigenvalue weighted by molar-refractivity contribution is 7.91. The van der Waals surface area contributed by atoms with Gasteiger partial charge in [-0.05, 0) is 36.1 Å². The number of alkyl halides is 2. The van der Waals surface area contributed by atoms with Crippen LogP contribution in [0.1, 0.15) is 18.5 Å². The standard InChI is InChI=1S/C16H18F2N2O4S2/c1-11(12-5-3-6-13(9-12)24-16(17)18)19-14(21)10-20(2)26(22,23)15-7-4-8-25-15/h3-9,11,16H,10H2,1-2H3,(H,19,21). The van der Waals surface area contributed by atoms with Crippen molar-refractivity contribution in [2.75, 3.05) is 13.6 Å². The van der Waals surface area contributed by atoms with Crippen LogP contribution in [-0.2, 0) is 14.8 Å². The third-order valence-corrected chi connectivity index (χ3v) is 6.66. The van der Waals surface area contributed by atoms with Crippen LogP contribution in [0.5, 0.6) is 5.75 Å². The van der Waals surface area contributed by atoms with Gasteiger partial charge in [-0.1, -0.05) is 18.2 Å². The molecule has 0 spiro atoms. The second-order valence-corrected chi connectivity index (χ2v) is 8.65. The van der Waals surface area contributed by atoms with Crippen molar-refractivity contribution in [3.8, 4) is 5.75 Å². The summed E-state index contributed by atoms with van der Waals surface area (Å²) in [6, 6.07) is 8.52. The lowest BCUT2D eigenvalue weighted by atomic mass is 10.1. The van der Waals surface area contributed by atoms with E-state index in [9.17, 15) is 22.0 Å². The Morgan fingerprint density at radius 3 is 2.65 bits per heavy atom. The second kappa shape index (κ2) is 8.56. The summed E-state index contributed by atoms with van der Waals surface area (Å²) in [5.41, 5.74) is 0.556. The number of ether oxygens (including phenoxy) is 1. The van der Waals surface area contributed by atoms with Crippen LogP contribution in [0, 0.1) is 0 Å². The number of rotatable bonds is 8. The first-order valence-corrected chi connectivity index (χ1v) is 9.86. The number of nitrogens with one attached hydrogen (secondary N) is 1. The molecule has 2 aromatic rings. The molecule has 1 atom stereocenters. The normalized spacial score (nSPS) is 13.0. The minimum Gasteiger partial charge on any atom is -0.435 e. The molecule has 1 amide bonds. The average molecular weight is 404 g/mol. The molecule has 0 fully saturated rings. The highest BCUT2D eigenvalue weighted by Gasteiger charge is 2.24. The van der Waals surface area contributed by atoms with Crippen LogP contribution < -0.4 is 10.1 Å². The molecule has 0 saturated heterocycles. The fourth-order valence-corrected chi connectivity index (χ4v) is 4.51. The van der Waals surface area contributed by atoms with Gasteiger partial charge in [0, 0.05) is 7.05 Å². The first kappa shape index (κ1) is 20.3. The zero-order chi connectivity index (χ0) is 19.3. The number of nitrogens with zero attached hydrogens (tertiary/aromatic N) is 1. The fraction of sp³-hybridized carbons (Fsp3) is 0.312. The molecule has 0 aliphatic carbocycles. The molecule has 0 aliphatic heterocycles. The van der Waals surface area contributed by atoms with E-state index in [1.165, 1.54) is 31.3 Å². The van der Waals surface area contributed by atoms with Gasteiger partial charge < -0.3 is 10.1 Å². The highest BCUT2D eigenvalue weighted by atomic mass is 32.2. The lowest BCUT2D eigenvalue weighted by Crippen LogP contribution is -2.39. The Labute approximate surface area is 154 Å². The Hall–Kier alpha value is -2.04. The van der Waals surface area contributed by atoms with E-state index >= 15 is 0 Å². The molecule has 2 rings (SSSR count). The molecule has 6 nitrogen and oxygen atoms in total. The molecule has 1 heterocycles. The number of carbonyl (C=O) groups is 1. The molecular formula is C16H18F2N2O4S2. The first-order chi connectivity index (χ1) is 12.2. The monoisotopic (exact) mass is 404 g/mol. The van der Waals surface area contributed by atoms with E-state index in [0.717, 1.165) is 15.6 Å². The van der Waals surface area contributed by atoms with Crippen molar-refractivity contribution < 1.29 is 26.7 Å². The van der Waals surface area contributed by atoms with E-state index in [4.69, 9.17) is 0 Å². The van der Waals surface area contributed by atoms with Crippen LogP contribution in [0.4, 0.5) is 8.78 Å².